The average Bonchev–Trinajstić information content (AvgIpc) is 3.06. The fourth-order valence-electron chi connectivity index (χ4n) is 3.19. The van der Waals surface area contributed by atoms with Gasteiger partial charge < -0.3 is 9.30 Å². The van der Waals surface area contributed by atoms with Gasteiger partial charge in [-0.15, -0.1) is 0 Å². The van der Waals surface area contributed by atoms with E-state index in [1.165, 1.54) is 16.8 Å². The van der Waals surface area contributed by atoms with Crippen molar-refractivity contribution in [3.63, 3.8) is 0 Å². The van der Waals surface area contributed by atoms with Crippen LogP contribution < -0.4 is 4.74 Å². The van der Waals surface area contributed by atoms with Crippen molar-refractivity contribution in [3.8, 4) is 17.0 Å². The maximum atomic E-state index is 5.22. The third-order valence-corrected chi connectivity index (χ3v) is 4.48. The van der Waals surface area contributed by atoms with Crippen LogP contribution in [0.3, 0.4) is 0 Å². The lowest BCUT2D eigenvalue weighted by Gasteiger charge is -2.28. The Morgan fingerprint density at radius 3 is 2.58 bits per heavy atom. The molecule has 0 unspecified atom stereocenters. The number of rotatable bonds is 4. The lowest BCUT2D eigenvalue weighted by Crippen LogP contribution is -2.33. The van der Waals surface area contributed by atoms with Crippen molar-refractivity contribution < 1.29 is 4.74 Å². The van der Waals surface area contributed by atoms with E-state index in [2.05, 4.69) is 31.6 Å². The van der Waals surface area contributed by atoms with Crippen molar-refractivity contribution >= 4 is 0 Å². The van der Waals surface area contributed by atoms with Crippen LogP contribution in [0, 0.1) is 0 Å². The van der Waals surface area contributed by atoms with Crippen molar-refractivity contribution in [2.45, 2.75) is 19.6 Å². The molecule has 5 nitrogen and oxygen atoms in total. The first-order chi connectivity index (χ1) is 11.8. The standard InChI is InChI=1S/C19H20N4O/c1-24-17-4-2-15(3-5-17)13-22-10-11-23-18(12-21-19(23)14-22)16-6-8-20-9-7-16/h2-9,12H,10-11,13-14H2,1H3. The highest BCUT2D eigenvalue weighted by Crippen LogP contribution is 2.24. The Kier molecular flexibility index (Phi) is 4.01. The number of fused-ring (bicyclic) bond motifs is 1. The number of imidazole rings is 1. The van der Waals surface area contributed by atoms with Gasteiger partial charge >= 0.3 is 0 Å². The van der Waals surface area contributed by atoms with Crippen LogP contribution in [-0.4, -0.2) is 33.1 Å². The number of hydrogen-bond donors (Lipinski definition) is 0. The Bertz CT molecular complexity index is 811. The molecule has 2 aromatic heterocycles. The normalized spacial score (nSPS) is 14.4. The van der Waals surface area contributed by atoms with Crippen molar-refractivity contribution in [2.75, 3.05) is 13.7 Å². The SMILES string of the molecule is COc1ccc(CN2CCn3c(-c4ccncc4)cnc3C2)cc1. The van der Waals surface area contributed by atoms with Gasteiger partial charge in [-0.3, -0.25) is 9.88 Å². The quantitative estimate of drug-likeness (QED) is 0.741. The molecule has 24 heavy (non-hydrogen) atoms. The third-order valence-electron chi connectivity index (χ3n) is 4.48. The number of benzene rings is 1. The maximum absolute atomic E-state index is 5.22. The second-order valence-corrected chi connectivity index (χ2v) is 6.01. The summed E-state index contributed by atoms with van der Waals surface area (Å²) in [5, 5.41) is 0. The predicted molar refractivity (Wildman–Crippen MR) is 92.6 cm³/mol. The zero-order chi connectivity index (χ0) is 16.4. The number of hydrogen-bond acceptors (Lipinski definition) is 4. The Morgan fingerprint density at radius 1 is 1.04 bits per heavy atom. The van der Waals surface area contributed by atoms with Gasteiger partial charge in [0, 0.05) is 37.6 Å². The van der Waals surface area contributed by atoms with Crippen LogP contribution in [0.25, 0.3) is 11.3 Å². The molecule has 0 aliphatic carbocycles. The van der Waals surface area contributed by atoms with E-state index in [0.29, 0.717) is 0 Å². The molecule has 0 spiro atoms. The van der Waals surface area contributed by atoms with Crippen molar-refractivity contribution in [1.82, 2.24) is 19.4 Å². The smallest absolute Gasteiger partial charge is 0.123 e. The van der Waals surface area contributed by atoms with E-state index >= 15 is 0 Å². The summed E-state index contributed by atoms with van der Waals surface area (Å²) in [5.41, 5.74) is 3.65. The third kappa shape index (κ3) is 2.90. The minimum atomic E-state index is 0.872. The van der Waals surface area contributed by atoms with Crippen LogP contribution in [0.4, 0.5) is 0 Å². The summed E-state index contributed by atoms with van der Waals surface area (Å²) >= 11 is 0. The highest BCUT2D eigenvalue weighted by molar-refractivity contribution is 5.58. The van der Waals surface area contributed by atoms with Crippen LogP contribution >= 0.6 is 0 Å². The molecule has 0 saturated heterocycles. The van der Waals surface area contributed by atoms with Crippen molar-refractivity contribution in [1.29, 1.82) is 0 Å². The van der Waals surface area contributed by atoms with E-state index in [1.54, 1.807) is 7.11 Å². The Morgan fingerprint density at radius 2 is 1.83 bits per heavy atom. The fraction of sp³-hybridized carbons (Fsp3) is 0.263. The van der Waals surface area contributed by atoms with Crippen LogP contribution in [0.2, 0.25) is 0 Å². The minimum Gasteiger partial charge on any atom is -0.497 e. The van der Waals surface area contributed by atoms with Gasteiger partial charge in [0.05, 0.1) is 25.5 Å². The molecule has 122 valence electrons. The van der Waals surface area contributed by atoms with E-state index in [1.807, 2.05) is 42.9 Å². The molecule has 0 amide bonds. The highest BCUT2D eigenvalue weighted by Gasteiger charge is 2.20. The number of methoxy groups -OCH3 is 1. The average molecular weight is 320 g/mol. The van der Waals surface area contributed by atoms with E-state index in [0.717, 1.165) is 37.8 Å². The molecule has 5 heteroatoms. The molecule has 0 N–H and O–H groups in total. The van der Waals surface area contributed by atoms with E-state index < -0.39 is 0 Å². The Hall–Kier alpha value is -2.66. The van der Waals surface area contributed by atoms with Crippen LogP contribution in [0.1, 0.15) is 11.4 Å². The molecular weight excluding hydrogens is 300 g/mol. The van der Waals surface area contributed by atoms with Gasteiger partial charge in [-0.1, -0.05) is 12.1 Å². The second-order valence-electron chi connectivity index (χ2n) is 6.01. The Balaban J connectivity index is 1.49. The van der Waals surface area contributed by atoms with Gasteiger partial charge in [-0.05, 0) is 29.8 Å². The number of nitrogens with zero attached hydrogens (tertiary/aromatic N) is 4. The molecule has 1 aliphatic heterocycles. The number of pyridine rings is 1. The maximum Gasteiger partial charge on any atom is 0.123 e. The zero-order valence-electron chi connectivity index (χ0n) is 13.7. The van der Waals surface area contributed by atoms with Gasteiger partial charge in [0.2, 0.25) is 0 Å². The van der Waals surface area contributed by atoms with Gasteiger partial charge in [0.1, 0.15) is 11.6 Å². The summed E-state index contributed by atoms with van der Waals surface area (Å²) in [4.78, 5) is 11.2. The summed E-state index contributed by atoms with van der Waals surface area (Å²) in [6.45, 7) is 3.79. The predicted octanol–water partition coefficient (Wildman–Crippen LogP) is 2.97. The van der Waals surface area contributed by atoms with Crippen molar-refractivity contribution in [3.05, 3.63) is 66.4 Å². The summed E-state index contributed by atoms with van der Waals surface area (Å²) in [6, 6.07) is 12.4. The molecule has 0 bridgehead atoms. The van der Waals surface area contributed by atoms with E-state index in [4.69, 9.17) is 4.74 Å². The Labute approximate surface area is 141 Å². The van der Waals surface area contributed by atoms with E-state index in [9.17, 15) is 0 Å². The largest absolute Gasteiger partial charge is 0.497 e. The zero-order valence-corrected chi connectivity index (χ0v) is 13.7. The molecule has 0 saturated carbocycles. The van der Waals surface area contributed by atoms with Crippen LogP contribution in [0.15, 0.2) is 55.0 Å². The van der Waals surface area contributed by atoms with Gasteiger partial charge in [-0.2, -0.15) is 0 Å². The number of ether oxygens (including phenoxy) is 1. The second kappa shape index (κ2) is 6.45. The molecule has 4 rings (SSSR count). The first-order valence-corrected chi connectivity index (χ1v) is 8.13. The molecule has 0 radical (unpaired) electrons. The molecule has 3 heterocycles. The summed E-state index contributed by atoms with van der Waals surface area (Å²) in [6.07, 6.45) is 5.63. The van der Waals surface area contributed by atoms with Crippen molar-refractivity contribution in [2.24, 2.45) is 0 Å². The minimum absolute atomic E-state index is 0.872. The monoisotopic (exact) mass is 320 g/mol. The van der Waals surface area contributed by atoms with Crippen LogP contribution in [0.5, 0.6) is 5.75 Å². The molecule has 0 fully saturated rings. The summed E-state index contributed by atoms with van der Waals surface area (Å²) < 4.78 is 7.54. The van der Waals surface area contributed by atoms with Crippen LogP contribution in [-0.2, 0) is 19.6 Å². The summed E-state index contributed by atoms with van der Waals surface area (Å²) in [5.74, 6) is 2.02. The molecular formula is C19H20N4O. The van der Waals surface area contributed by atoms with Gasteiger partial charge in [0.25, 0.3) is 0 Å². The first-order valence-electron chi connectivity index (χ1n) is 8.13. The van der Waals surface area contributed by atoms with Gasteiger partial charge in [0.15, 0.2) is 0 Å². The molecule has 0 atom stereocenters. The lowest BCUT2D eigenvalue weighted by molar-refractivity contribution is 0.209. The van der Waals surface area contributed by atoms with Gasteiger partial charge in [-0.25, -0.2) is 4.98 Å². The lowest BCUT2D eigenvalue weighted by atomic mass is 10.2. The molecule has 1 aromatic carbocycles. The fourth-order valence-corrected chi connectivity index (χ4v) is 3.19. The highest BCUT2D eigenvalue weighted by atomic mass is 16.5. The topological polar surface area (TPSA) is 43.2 Å². The van der Waals surface area contributed by atoms with E-state index in [-0.39, 0.29) is 0 Å². The summed E-state index contributed by atoms with van der Waals surface area (Å²) in [7, 11) is 1.69. The number of aromatic nitrogens is 3. The molecule has 3 aromatic rings. The first kappa shape index (κ1) is 14.9. The molecule has 1 aliphatic rings.